The largest absolute Gasteiger partial charge is 0.516 e. The van der Waals surface area contributed by atoms with Crippen molar-refractivity contribution in [3.8, 4) is 0 Å². The van der Waals surface area contributed by atoms with E-state index < -0.39 is 11.9 Å². The van der Waals surface area contributed by atoms with Crippen LogP contribution < -0.4 is 0 Å². The molecule has 0 heterocycles. The molecule has 0 atom stereocenters. The van der Waals surface area contributed by atoms with Gasteiger partial charge in [0.2, 0.25) is 0 Å². The Labute approximate surface area is 70.1 Å². The molecule has 0 aliphatic carbocycles. The van der Waals surface area contributed by atoms with Crippen LogP contribution in [0.3, 0.4) is 0 Å². The Morgan fingerprint density at radius 3 is 2.58 bits per heavy atom. The third kappa shape index (κ3) is 4.16. The summed E-state index contributed by atoms with van der Waals surface area (Å²) in [6, 6.07) is 0. The number of rotatable bonds is 3. The third-order valence-corrected chi connectivity index (χ3v) is 0.871. The standard InChI is InChI=1S/C8H10O4/c1-6(2)8(11)12-7(10)4-3-5-9/h3-5,9-10H,1H2,2H3/b5-3+,7-4-. The molecule has 0 aromatic rings. The molecule has 4 nitrogen and oxygen atoms in total. The molecular formula is C8H10O4. The molecule has 0 aromatic carbocycles. The van der Waals surface area contributed by atoms with Gasteiger partial charge in [0.25, 0.3) is 5.95 Å². The van der Waals surface area contributed by atoms with Gasteiger partial charge in [0.15, 0.2) is 0 Å². The van der Waals surface area contributed by atoms with E-state index in [0.717, 1.165) is 12.2 Å². The van der Waals surface area contributed by atoms with Crippen molar-refractivity contribution in [1.82, 2.24) is 0 Å². The lowest BCUT2D eigenvalue weighted by molar-refractivity contribution is -0.138. The van der Waals surface area contributed by atoms with Gasteiger partial charge in [0, 0.05) is 11.6 Å². The summed E-state index contributed by atoms with van der Waals surface area (Å²) in [5, 5.41) is 17.0. The average Bonchev–Trinajstić information content (AvgIpc) is 2.00. The molecule has 2 N–H and O–H groups in total. The molecule has 66 valence electrons. The number of esters is 1. The van der Waals surface area contributed by atoms with Crippen molar-refractivity contribution in [1.29, 1.82) is 0 Å². The van der Waals surface area contributed by atoms with Crippen LogP contribution in [0.1, 0.15) is 6.92 Å². The fraction of sp³-hybridized carbons (Fsp3) is 0.125. The van der Waals surface area contributed by atoms with Crippen LogP contribution in [0.2, 0.25) is 0 Å². The Morgan fingerprint density at radius 2 is 2.17 bits per heavy atom. The minimum atomic E-state index is -0.713. The van der Waals surface area contributed by atoms with E-state index >= 15 is 0 Å². The first-order valence-corrected chi connectivity index (χ1v) is 3.15. The van der Waals surface area contributed by atoms with Gasteiger partial charge in [-0.15, -0.1) is 0 Å². The molecule has 0 bridgehead atoms. The Balaban J connectivity index is 4.09. The summed E-state index contributed by atoms with van der Waals surface area (Å²) in [6.07, 6.45) is 2.84. The maximum atomic E-state index is 10.7. The quantitative estimate of drug-likeness (QED) is 0.292. The lowest BCUT2D eigenvalue weighted by atomic mass is 10.4. The summed E-state index contributed by atoms with van der Waals surface area (Å²) in [6.45, 7) is 4.76. The normalized spacial score (nSPS) is 11.6. The SMILES string of the molecule is C=C(C)C(=O)O/C(O)=C\C=C\O. The van der Waals surface area contributed by atoms with E-state index in [-0.39, 0.29) is 5.57 Å². The van der Waals surface area contributed by atoms with Crippen molar-refractivity contribution >= 4 is 5.97 Å². The summed E-state index contributed by atoms with van der Waals surface area (Å²) >= 11 is 0. The molecule has 12 heavy (non-hydrogen) atoms. The van der Waals surface area contributed by atoms with Crippen molar-refractivity contribution in [2.75, 3.05) is 0 Å². The summed E-state index contributed by atoms with van der Waals surface area (Å²) in [5.74, 6) is -1.30. The van der Waals surface area contributed by atoms with Crippen LogP contribution in [-0.4, -0.2) is 16.2 Å². The van der Waals surface area contributed by atoms with Gasteiger partial charge < -0.3 is 14.9 Å². The van der Waals surface area contributed by atoms with Crippen molar-refractivity contribution in [2.24, 2.45) is 0 Å². The summed E-state index contributed by atoms with van der Waals surface area (Å²) in [4.78, 5) is 10.7. The molecule has 0 amide bonds. The molecule has 0 fully saturated rings. The van der Waals surface area contributed by atoms with Gasteiger partial charge in [0.05, 0.1) is 6.26 Å². The molecule has 0 rings (SSSR count). The van der Waals surface area contributed by atoms with Crippen LogP contribution in [-0.2, 0) is 9.53 Å². The fourth-order valence-electron chi connectivity index (χ4n) is 0.341. The van der Waals surface area contributed by atoms with Gasteiger partial charge in [0.1, 0.15) is 0 Å². The highest BCUT2D eigenvalue weighted by molar-refractivity contribution is 5.87. The van der Waals surface area contributed by atoms with E-state index in [2.05, 4.69) is 11.3 Å². The lowest BCUT2D eigenvalue weighted by Crippen LogP contribution is -2.03. The third-order valence-electron chi connectivity index (χ3n) is 0.871. The Morgan fingerprint density at radius 1 is 1.58 bits per heavy atom. The molecular weight excluding hydrogens is 160 g/mol. The zero-order valence-electron chi connectivity index (χ0n) is 6.65. The van der Waals surface area contributed by atoms with Gasteiger partial charge in [-0.3, -0.25) is 0 Å². The Bertz CT molecular complexity index is 237. The van der Waals surface area contributed by atoms with E-state index in [1.54, 1.807) is 0 Å². The van der Waals surface area contributed by atoms with E-state index in [1.807, 2.05) is 0 Å². The van der Waals surface area contributed by atoms with Crippen molar-refractivity contribution < 1.29 is 19.7 Å². The van der Waals surface area contributed by atoms with Crippen LogP contribution in [0.25, 0.3) is 0 Å². The number of ether oxygens (including phenoxy) is 1. The first-order chi connectivity index (χ1) is 5.57. The smallest absolute Gasteiger partial charge is 0.340 e. The average molecular weight is 170 g/mol. The number of aliphatic hydroxyl groups excluding tert-OH is 2. The monoisotopic (exact) mass is 170 g/mol. The maximum absolute atomic E-state index is 10.7. The molecule has 0 aliphatic heterocycles. The van der Waals surface area contributed by atoms with E-state index in [1.165, 1.54) is 6.92 Å². The van der Waals surface area contributed by atoms with Crippen molar-refractivity contribution in [3.05, 3.63) is 36.5 Å². The second-order valence-corrected chi connectivity index (χ2v) is 2.02. The minimum absolute atomic E-state index is 0.183. The maximum Gasteiger partial charge on any atom is 0.340 e. The van der Waals surface area contributed by atoms with Gasteiger partial charge in [-0.25, -0.2) is 4.79 Å². The number of carbonyl (C=O) groups is 1. The highest BCUT2D eigenvalue weighted by Gasteiger charge is 2.04. The molecule has 0 radical (unpaired) electrons. The van der Waals surface area contributed by atoms with E-state index in [9.17, 15) is 4.79 Å². The van der Waals surface area contributed by atoms with Crippen LogP contribution >= 0.6 is 0 Å². The number of carbonyl (C=O) groups excluding carboxylic acids is 1. The van der Waals surface area contributed by atoms with Gasteiger partial charge in [-0.05, 0) is 13.0 Å². The van der Waals surface area contributed by atoms with Crippen LogP contribution in [0.5, 0.6) is 0 Å². The summed E-state index contributed by atoms with van der Waals surface area (Å²) in [7, 11) is 0. The Kier molecular flexibility index (Phi) is 4.30. The van der Waals surface area contributed by atoms with Gasteiger partial charge >= 0.3 is 5.97 Å². The predicted octanol–water partition coefficient (Wildman–Crippen LogP) is 1.58. The number of aliphatic hydroxyl groups is 2. The van der Waals surface area contributed by atoms with E-state index in [4.69, 9.17) is 10.2 Å². The second-order valence-electron chi connectivity index (χ2n) is 2.02. The molecule has 0 unspecified atom stereocenters. The van der Waals surface area contributed by atoms with Gasteiger partial charge in [-0.1, -0.05) is 6.58 Å². The molecule has 0 aromatic heterocycles. The highest BCUT2D eigenvalue weighted by Crippen LogP contribution is 1.98. The molecule has 0 saturated heterocycles. The molecule has 4 heteroatoms. The van der Waals surface area contributed by atoms with Crippen LogP contribution in [0, 0.1) is 0 Å². The van der Waals surface area contributed by atoms with Crippen LogP contribution in [0.15, 0.2) is 36.5 Å². The topological polar surface area (TPSA) is 66.8 Å². The predicted molar refractivity (Wildman–Crippen MR) is 43.4 cm³/mol. The van der Waals surface area contributed by atoms with Crippen molar-refractivity contribution in [2.45, 2.75) is 6.92 Å². The highest BCUT2D eigenvalue weighted by atomic mass is 16.6. The second kappa shape index (κ2) is 5.01. The number of hydrogen-bond acceptors (Lipinski definition) is 4. The van der Waals surface area contributed by atoms with Gasteiger partial charge in [-0.2, -0.15) is 0 Å². The summed E-state index contributed by atoms with van der Waals surface area (Å²) in [5.41, 5.74) is 0.183. The number of allylic oxidation sites excluding steroid dienone is 2. The minimum Gasteiger partial charge on any atom is -0.516 e. The summed E-state index contributed by atoms with van der Waals surface area (Å²) < 4.78 is 4.33. The first kappa shape index (κ1) is 10.3. The zero-order chi connectivity index (χ0) is 9.56. The molecule has 0 spiro atoms. The van der Waals surface area contributed by atoms with E-state index in [0.29, 0.717) is 6.26 Å². The lowest BCUT2D eigenvalue weighted by Gasteiger charge is -1.99. The molecule has 0 aliphatic rings. The first-order valence-electron chi connectivity index (χ1n) is 3.15. The fourth-order valence-corrected chi connectivity index (χ4v) is 0.341. The Hall–Kier alpha value is -1.71. The number of hydrogen-bond donors (Lipinski definition) is 2. The molecule has 0 saturated carbocycles. The van der Waals surface area contributed by atoms with Crippen molar-refractivity contribution in [3.63, 3.8) is 0 Å². The zero-order valence-corrected chi connectivity index (χ0v) is 6.65. The van der Waals surface area contributed by atoms with Crippen LogP contribution in [0.4, 0.5) is 0 Å².